The highest BCUT2D eigenvalue weighted by Gasteiger charge is 2.26. The van der Waals surface area contributed by atoms with Gasteiger partial charge in [0, 0.05) is 18.2 Å². The second kappa shape index (κ2) is 7.89. The first-order valence-corrected chi connectivity index (χ1v) is 7.60. The molecule has 0 atom stereocenters. The molecule has 126 valence electrons. The van der Waals surface area contributed by atoms with Gasteiger partial charge in [-0.05, 0) is 31.2 Å². The smallest absolute Gasteiger partial charge is 0.315 e. The van der Waals surface area contributed by atoms with Crippen LogP contribution in [0.3, 0.4) is 0 Å². The molecule has 1 aliphatic rings. The Morgan fingerprint density at radius 1 is 1.13 bits per heavy atom. The summed E-state index contributed by atoms with van der Waals surface area (Å²) in [6.07, 6.45) is -0.0765. The molecule has 1 aliphatic carbocycles. The Hall–Kier alpha value is -2.18. The predicted octanol–water partition coefficient (Wildman–Crippen LogP) is 3.07. The molecule has 2 rings (SSSR count). The Morgan fingerprint density at radius 2 is 1.74 bits per heavy atom. The number of rotatable bonds is 5. The predicted molar refractivity (Wildman–Crippen MR) is 80.2 cm³/mol. The molecule has 1 aromatic carbocycles. The minimum absolute atomic E-state index is 0.0215. The highest BCUT2D eigenvalue weighted by molar-refractivity contribution is 5.74. The third kappa shape index (κ3) is 5.19. The van der Waals surface area contributed by atoms with E-state index in [1.165, 1.54) is 12.1 Å². The molecule has 0 aromatic heterocycles. The van der Waals surface area contributed by atoms with Crippen LogP contribution in [-0.4, -0.2) is 23.1 Å². The second-order valence-corrected chi connectivity index (χ2v) is 5.76. The Bertz CT molecular complexity index is 541. The largest absolute Gasteiger partial charge is 0.481 e. The lowest BCUT2D eigenvalue weighted by Gasteiger charge is -2.26. The zero-order valence-corrected chi connectivity index (χ0v) is 12.6. The van der Waals surface area contributed by atoms with Crippen LogP contribution in [0.2, 0.25) is 0 Å². The fraction of sp³-hybridized carbons (Fsp3) is 0.500. The number of carbonyl (C=O) groups excluding carboxylic acids is 1. The average Bonchev–Trinajstić information content (AvgIpc) is 2.54. The molecule has 1 saturated carbocycles. The lowest BCUT2D eigenvalue weighted by molar-refractivity contribution is -0.142. The van der Waals surface area contributed by atoms with Gasteiger partial charge in [-0.25, -0.2) is 13.6 Å². The van der Waals surface area contributed by atoms with E-state index < -0.39 is 12.4 Å². The summed E-state index contributed by atoms with van der Waals surface area (Å²) in [4.78, 5) is 22.7. The summed E-state index contributed by atoms with van der Waals surface area (Å²) >= 11 is 0. The van der Waals surface area contributed by atoms with E-state index in [9.17, 15) is 18.4 Å². The molecule has 0 radical (unpaired) electrons. The molecular weight excluding hydrogens is 306 g/mol. The van der Waals surface area contributed by atoms with Crippen LogP contribution in [0.1, 0.15) is 43.2 Å². The SMILES string of the molecule is O=C(NCc1ccc(C(F)F)cc1)NC1CCC(C(=O)O)CC1. The van der Waals surface area contributed by atoms with E-state index in [0.29, 0.717) is 25.7 Å². The van der Waals surface area contributed by atoms with Crippen molar-refractivity contribution in [3.05, 3.63) is 35.4 Å². The molecule has 0 saturated heterocycles. The molecule has 23 heavy (non-hydrogen) atoms. The van der Waals surface area contributed by atoms with Crippen molar-refractivity contribution in [2.24, 2.45) is 5.92 Å². The summed E-state index contributed by atoms with van der Waals surface area (Å²) < 4.78 is 24.9. The van der Waals surface area contributed by atoms with Crippen molar-refractivity contribution in [2.45, 2.75) is 44.7 Å². The first-order chi connectivity index (χ1) is 11.0. The van der Waals surface area contributed by atoms with Crippen molar-refractivity contribution in [1.29, 1.82) is 0 Å². The maximum absolute atomic E-state index is 12.4. The van der Waals surface area contributed by atoms with Gasteiger partial charge in [0.25, 0.3) is 6.43 Å². The molecule has 3 N–H and O–H groups in total. The van der Waals surface area contributed by atoms with Crippen LogP contribution in [0.15, 0.2) is 24.3 Å². The number of benzene rings is 1. The van der Waals surface area contributed by atoms with Crippen LogP contribution >= 0.6 is 0 Å². The van der Waals surface area contributed by atoms with Gasteiger partial charge in [-0.3, -0.25) is 4.79 Å². The van der Waals surface area contributed by atoms with E-state index >= 15 is 0 Å². The van der Waals surface area contributed by atoms with Gasteiger partial charge in [0.1, 0.15) is 0 Å². The molecule has 1 fully saturated rings. The van der Waals surface area contributed by atoms with Crippen molar-refractivity contribution < 1.29 is 23.5 Å². The van der Waals surface area contributed by atoms with Gasteiger partial charge in [-0.1, -0.05) is 24.3 Å². The van der Waals surface area contributed by atoms with Gasteiger partial charge in [-0.15, -0.1) is 0 Å². The molecular formula is C16H20F2N2O3. The molecule has 0 unspecified atom stereocenters. The van der Waals surface area contributed by atoms with Gasteiger partial charge in [-0.2, -0.15) is 0 Å². The molecule has 0 bridgehead atoms. The van der Waals surface area contributed by atoms with Crippen molar-refractivity contribution in [1.82, 2.24) is 10.6 Å². The number of urea groups is 1. The Balaban J connectivity index is 1.72. The highest BCUT2D eigenvalue weighted by atomic mass is 19.3. The summed E-state index contributed by atoms with van der Waals surface area (Å²) in [5, 5.41) is 14.4. The Kier molecular flexibility index (Phi) is 5.90. The third-order valence-electron chi connectivity index (χ3n) is 4.10. The normalized spacial score (nSPS) is 21.0. The van der Waals surface area contributed by atoms with E-state index in [0.717, 1.165) is 5.56 Å². The van der Waals surface area contributed by atoms with Gasteiger partial charge >= 0.3 is 12.0 Å². The molecule has 0 heterocycles. The summed E-state index contributed by atoms with van der Waals surface area (Å²) in [5.41, 5.74) is 0.688. The van der Waals surface area contributed by atoms with Crippen LogP contribution < -0.4 is 10.6 Å². The number of halogens is 2. The van der Waals surface area contributed by atoms with Gasteiger partial charge in [0.05, 0.1) is 5.92 Å². The summed E-state index contributed by atoms with van der Waals surface area (Å²) in [7, 11) is 0. The maximum Gasteiger partial charge on any atom is 0.315 e. The minimum atomic E-state index is -2.50. The number of amides is 2. The van der Waals surface area contributed by atoms with Crippen LogP contribution in [0, 0.1) is 5.92 Å². The number of carbonyl (C=O) groups is 2. The monoisotopic (exact) mass is 326 g/mol. The lowest BCUT2D eigenvalue weighted by atomic mass is 9.86. The van der Waals surface area contributed by atoms with Crippen molar-refractivity contribution >= 4 is 12.0 Å². The van der Waals surface area contributed by atoms with E-state index in [-0.39, 0.29) is 30.1 Å². The van der Waals surface area contributed by atoms with E-state index in [4.69, 9.17) is 5.11 Å². The topological polar surface area (TPSA) is 78.4 Å². The number of nitrogens with one attached hydrogen (secondary N) is 2. The first-order valence-electron chi connectivity index (χ1n) is 7.60. The number of hydrogen-bond donors (Lipinski definition) is 3. The zero-order chi connectivity index (χ0) is 16.8. The quantitative estimate of drug-likeness (QED) is 0.778. The van der Waals surface area contributed by atoms with Crippen LogP contribution in [0.25, 0.3) is 0 Å². The number of carboxylic acids is 1. The molecule has 1 aromatic rings. The lowest BCUT2D eigenvalue weighted by Crippen LogP contribution is -2.43. The van der Waals surface area contributed by atoms with Crippen molar-refractivity contribution in [2.75, 3.05) is 0 Å². The number of carboxylic acid groups (broad SMARTS) is 1. The maximum atomic E-state index is 12.4. The number of aliphatic carboxylic acids is 1. The summed E-state index contributed by atoms with van der Waals surface area (Å²) in [5.74, 6) is -1.09. The molecule has 2 amide bonds. The highest BCUT2D eigenvalue weighted by Crippen LogP contribution is 2.24. The van der Waals surface area contributed by atoms with E-state index in [1.54, 1.807) is 12.1 Å². The zero-order valence-electron chi connectivity index (χ0n) is 12.6. The number of hydrogen-bond acceptors (Lipinski definition) is 2. The Morgan fingerprint density at radius 3 is 2.26 bits per heavy atom. The number of alkyl halides is 2. The molecule has 7 heteroatoms. The van der Waals surface area contributed by atoms with Crippen molar-refractivity contribution in [3.8, 4) is 0 Å². The van der Waals surface area contributed by atoms with Crippen molar-refractivity contribution in [3.63, 3.8) is 0 Å². The Labute approximate surface area is 133 Å². The van der Waals surface area contributed by atoms with Crippen LogP contribution in [0.4, 0.5) is 13.6 Å². The van der Waals surface area contributed by atoms with Crippen LogP contribution in [0.5, 0.6) is 0 Å². The summed E-state index contributed by atoms with van der Waals surface area (Å²) in [6.45, 7) is 0.250. The minimum Gasteiger partial charge on any atom is -0.481 e. The standard InChI is InChI=1S/C16H20F2N2O3/c17-14(18)11-3-1-10(2-4-11)9-19-16(23)20-13-7-5-12(6-8-13)15(21)22/h1-4,12-14H,5-9H2,(H,21,22)(H2,19,20,23). The fourth-order valence-corrected chi connectivity index (χ4v) is 2.68. The van der Waals surface area contributed by atoms with Gasteiger partial charge in [0.15, 0.2) is 0 Å². The molecule has 0 aliphatic heterocycles. The van der Waals surface area contributed by atoms with E-state index in [1.807, 2.05) is 0 Å². The van der Waals surface area contributed by atoms with Gasteiger partial charge < -0.3 is 15.7 Å². The fourth-order valence-electron chi connectivity index (χ4n) is 2.68. The van der Waals surface area contributed by atoms with Crippen LogP contribution in [-0.2, 0) is 11.3 Å². The molecule has 0 spiro atoms. The van der Waals surface area contributed by atoms with E-state index in [2.05, 4.69) is 10.6 Å². The third-order valence-corrected chi connectivity index (χ3v) is 4.10. The molecule has 5 nitrogen and oxygen atoms in total. The van der Waals surface area contributed by atoms with Gasteiger partial charge in [0.2, 0.25) is 0 Å². The average molecular weight is 326 g/mol. The second-order valence-electron chi connectivity index (χ2n) is 5.76. The first kappa shape index (κ1) is 17.2. The summed E-state index contributed by atoms with van der Waals surface area (Å²) in [6, 6.07) is 5.44.